The van der Waals surface area contributed by atoms with Gasteiger partial charge in [0.1, 0.15) is 22.9 Å². The van der Waals surface area contributed by atoms with Gasteiger partial charge in [-0.25, -0.2) is 0 Å². The van der Waals surface area contributed by atoms with E-state index < -0.39 is 10.7 Å². The summed E-state index contributed by atoms with van der Waals surface area (Å²) in [5, 5.41) is 48.0. The summed E-state index contributed by atoms with van der Waals surface area (Å²) in [6, 6.07) is 44.5. The Bertz CT molecular complexity index is 2010. The van der Waals surface area contributed by atoms with Gasteiger partial charge in [-0.3, -0.25) is 0 Å². The Morgan fingerprint density at radius 2 is 0.812 bits per heavy atom. The lowest BCUT2D eigenvalue weighted by Gasteiger charge is -2.32. The topological polar surface area (TPSA) is 119 Å². The van der Waals surface area contributed by atoms with Crippen LogP contribution in [-0.4, -0.2) is 10.7 Å². The van der Waals surface area contributed by atoms with Gasteiger partial charge in [0.2, 0.25) is 0 Å². The predicted octanol–water partition coefficient (Wildman–Crippen LogP) is 8.67. The van der Waals surface area contributed by atoms with E-state index in [1.165, 1.54) is 21.6 Å². The molecule has 0 amide bonds. The lowest BCUT2D eigenvalue weighted by Crippen LogP contribution is -2.34. The highest BCUT2D eigenvalue weighted by molar-refractivity contribution is 8.77. The van der Waals surface area contributed by atoms with Crippen LogP contribution in [-0.2, 0) is 0 Å². The van der Waals surface area contributed by atoms with Crippen molar-refractivity contribution in [2.24, 2.45) is 0 Å². The molecule has 0 bridgehead atoms. The van der Waals surface area contributed by atoms with E-state index in [9.17, 15) is 21.0 Å². The maximum absolute atomic E-state index is 10.6. The van der Waals surface area contributed by atoms with Crippen LogP contribution in [0.2, 0.25) is 0 Å². The smallest absolute Gasteiger partial charge is 0.119 e. The van der Waals surface area contributed by atoms with Crippen LogP contribution in [0.3, 0.4) is 0 Å². The SMILES string of the molecule is Cc1ccc(C2=C(C#N)C(SSC3NC(c4ccccc4)=C(C#N)C(c4ccc(C)cc4)=C3C#N)NC(c3ccccc3)=C2C#N)cc1. The van der Waals surface area contributed by atoms with E-state index in [4.69, 9.17) is 0 Å². The molecule has 48 heavy (non-hydrogen) atoms. The second kappa shape index (κ2) is 14.3. The van der Waals surface area contributed by atoms with Crippen LogP contribution < -0.4 is 10.6 Å². The van der Waals surface area contributed by atoms with E-state index in [0.29, 0.717) is 44.8 Å². The van der Waals surface area contributed by atoms with Gasteiger partial charge >= 0.3 is 0 Å². The van der Waals surface area contributed by atoms with Gasteiger partial charge in [-0.05, 0) is 36.1 Å². The first-order valence-corrected chi connectivity index (χ1v) is 17.4. The van der Waals surface area contributed by atoms with Crippen LogP contribution in [0.1, 0.15) is 33.4 Å². The molecule has 0 saturated heterocycles. The fourth-order valence-electron chi connectivity index (χ4n) is 5.75. The van der Waals surface area contributed by atoms with Gasteiger partial charge in [-0.1, -0.05) is 142 Å². The van der Waals surface area contributed by atoms with Gasteiger partial charge in [-0.15, -0.1) is 0 Å². The van der Waals surface area contributed by atoms with E-state index in [-0.39, 0.29) is 0 Å². The Morgan fingerprint density at radius 3 is 1.12 bits per heavy atom. The van der Waals surface area contributed by atoms with Gasteiger partial charge in [-0.2, -0.15) is 21.0 Å². The van der Waals surface area contributed by atoms with Crippen molar-refractivity contribution in [1.29, 1.82) is 21.0 Å². The summed E-state index contributed by atoms with van der Waals surface area (Å²) >= 11 is 0. The predicted molar refractivity (Wildman–Crippen MR) is 194 cm³/mol. The second-order valence-corrected chi connectivity index (χ2v) is 13.7. The Hall–Kier alpha value is -5.90. The minimum atomic E-state index is -0.560. The van der Waals surface area contributed by atoms with E-state index in [2.05, 4.69) is 34.9 Å². The van der Waals surface area contributed by atoms with Crippen molar-refractivity contribution in [3.63, 3.8) is 0 Å². The van der Waals surface area contributed by atoms with Crippen LogP contribution in [0, 0.1) is 59.2 Å². The van der Waals surface area contributed by atoms with Crippen molar-refractivity contribution in [2.75, 3.05) is 0 Å². The molecule has 230 valence electrons. The first-order chi connectivity index (χ1) is 23.5. The molecule has 6 rings (SSSR count). The van der Waals surface area contributed by atoms with Crippen LogP contribution >= 0.6 is 21.6 Å². The zero-order chi connectivity index (χ0) is 33.6. The number of nitrogens with one attached hydrogen (secondary N) is 2. The van der Waals surface area contributed by atoms with Gasteiger partial charge in [0.15, 0.2) is 0 Å². The molecule has 0 spiro atoms. The summed E-state index contributed by atoms with van der Waals surface area (Å²) in [6.07, 6.45) is 0. The Kier molecular flexibility index (Phi) is 9.52. The number of nitrogens with zero attached hydrogens (tertiary/aromatic N) is 4. The van der Waals surface area contributed by atoms with Gasteiger partial charge in [0, 0.05) is 11.1 Å². The highest BCUT2D eigenvalue weighted by Gasteiger charge is 2.35. The van der Waals surface area contributed by atoms with Crippen LogP contribution in [0.15, 0.2) is 131 Å². The summed E-state index contributed by atoms with van der Waals surface area (Å²) in [6.45, 7) is 3.99. The molecule has 2 N–H and O–H groups in total. The van der Waals surface area contributed by atoms with Crippen molar-refractivity contribution in [1.82, 2.24) is 10.6 Å². The van der Waals surface area contributed by atoms with E-state index in [1.807, 2.05) is 123 Å². The molecule has 4 aromatic carbocycles. The lowest BCUT2D eigenvalue weighted by molar-refractivity contribution is 0.901. The maximum Gasteiger partial charge on any atom is 0.119 e. The Balaban J connectivity index is 1.45. The summed E-state index contributed by atoms with van der Waals surface area (Å²) in [4.78, 5) is 0. The number of hydrogen-bond donors (Lipinski definition) is 2. The number of dihydropyridines is 2. The fraction of sp³-hybridized carbons (Fsp3) is 0.100. The van der Waals surface area contributed by atoms with Crippen molar-refractivity contribution < 1.29 is 0 Å². The molecule has 2 heterocycles. The van der Waals surface area contributed by atoms with Crippen LogP contribution in [0.5, 0.6) is 0 Å². The molecule has 4 aromatic rings. The first-order valence-electron chi connectivity index (χ1n) is 15.2. The normalized spacial score (nSPS) is 17.5. The van der Waals surface area contributed by atoms with Gasteiger partial charge in [0.25, 0.3) is 0 Å². The third kappa shape index (κ3) is 6.24. The standard InChI is InChI=1S/C40H28N6S2/c1-25-13-17-27(18-14-25)35-31(21-41)37(29-9-5-3-6-10-29)45-39(33(35)23-43)47-48-40-34(24-44)36(28-19-15-26(2)16-20-28)32(22-42)38(46-40)30-11-7-4-8-12-30/h3-20,39-40,45-46H,1-2H3. The molecule has 0 fully saturated rings. The molecule has 0 saturated carbocycles. The molecule has 0 radical (unpaired) electrons. The molecule has 2 aliphatic rings. The summed E-state index contributed by atoms with van der Waals surface area (Å²) in [5.74, 6) is 0. The third-order valence-electron chi connectivity index (χ3n) is 8.13. The summed E-state index contributed by atoms with van der Waals surface area (Å²) in [7, 11) is 2.80. The molecule has 2 unspecified atom stereocenters. The average molecular weight is 657 g/mol. The number of allylic oxidation sites excluding steroid dienone is 4. The highest BCUT2D eigenvalue weighted by atomic mass is 33.1. The quantitative estimate of drug-likeness (QED) is 0.190. The minimum absolute atomic E-state index is 0.395. The summed E-state index contributed by atoms with van der Waals surface area (Å²) < 4.78 is 0. The zero-order valence-corrected chi connectivity index (χ0v) is 27.8. The fourth-order valence-corrected chi connectivity index (χ4v) is 8.37. The number of aryl methyl sites for hydroxylation is 2. The molecule has 2 atom stereocenters. The van der Waals surface area contributed by atoms with Crippen LogP contribution in [0.4, 0.5) is 0 Å². The molecular weight excluding hydrogens is 629 g/mol. The highest BCUT2D eigenvalue weighted by Crippen LogP contribution is 2.47. The van der Waals surface area contributed by atoms with E-state index >= 15 is 0 Å². The third-order valence-corrected chi connectivity index (χ3v) is 10.8. The van der Waals surface area contributed by atoms with Gasteiger partial charge in [0.05, 0.1) is 45.8 Å². The zero-order valence-electron chi connectivity index (χ0n) is 26.2. The van der Waals surface area contributed by atoms with Crippen molar-refractivity contribution >= 4 is 44.1 Å². The number of benzene rings is 4. The largest absolute Gasteiger partial charge is 0.367 e. The van der Waals surface area contributed by atoms with Crippen molar-refractivity contribution in [2.45, 2.75) is 24.6 Å². The second-order valence-electron chi connectivity index (χ2n) is 11.2. The molecule has 2 aliphatic heterocycles. The van der Waals surface area contributed by atoms with E-state index in [0.717, 1.165) is 33.4 Å². The maximum atomic E-state index is 10.6. The Labute approximate surface area is 288 Å². The van der Waals surface area contributed by atoms with Crippen LogP contribution in [0.25, 0.3) is 22.5 Å². The summed E-state index contributed by atoms with van der Waals surface area (Å²) in [5.41, 5.74) is 9.42. The van der Waals surface area contributed by atoms with Gasteiger partial charge < -0.3 is 10.6 Å². The molecular formula is C40H28N6S2. The monoisotopic (exact) mass is 656 g/mol. The first kappa shape index (κ1) is 32.1. The molecule has 0 aromatic heterocycles. The van der Waals surface area contributed by atoms with E-state index in [1.54, 1.807) is 0 Å². The average Bonchev–Trinajstić information content (AvgIpc) is 3.14. The number of nitriles is 4. The lowest BCUT2D eigenvalue weighted by atomic mass is 9.88. The van der Waals surface area contributed by atoms with Crippen molar-refractivity contribution in [3.8, 4) is 24.3 Å². The van der Waals surface area contributed by atoms with Crippen molar-refractivity contribution in [3.05, 3.63) is 165 Å². The Morgan fingerprint density at radius 1 is 0.458 bits per heavy atom. The minimum Gasteiger partial charge on any atom is -0.367 e. The molecule has 0 aliphatic carbocycles. The molecule has 6 nitrogen and oxygen atoms in total. The number of hydrogen-bond acceptors (Lipinski definition) is 8. The number of rotatable bonds is 7. The molecule has 8 heteroatoms.